The van der Waals surface area contributed by atoms with Crippen molar-refractivity contribution in [3.63, 3.8) is 0 Å². The first-order valence-corrected chi connectivity index (χ1v) is 9.21. The number of benzene rings is 2. The molecule has 0 atom stereocenters. The molecule has 4 nitrogen and oxygen atoms in total. The maximum Gasteiger partial charge on any atom is 0.230 e. The first-order chi connectivity index (χ1) is 13.0. The molecule has 0 aliphatic carbocycles. The van der Waals surface area contributed by atoms with E-state index in [4.69, 9.17) is 11.6 Å². The van der Waals surface area contributed by atoms with Gasteiger partial charge in [0.25, 0.3) is 0 Å². The van der Waals surface area contributed by atoms with Gasteiger partial charge in [-0.25, -0.2) is 13.8 Å². The van der Waals surface area contributed by atoms with E-state index < -0.39 is 5.82 Å². The van der Waals surface area contributed by atoms with Gasteiger partial charge in [-0.3, -0.25) is 9.20 Å². The number of anilines is 1. The molecule has 8 heteroatoms. The van der Waals surface area contributed by atoms with Crippen molar-refractivity contribution in [1.82, 2.24) is 9.38 Å². The number of rotatable bonds is 4. The molecule has 0 spiro atoms. The molecule has 0 bridgehead atoms. The summed E-state index contributed by atoms with van der Waals surface area (Å²) in [4.78, 5) is 17.6. The van der Waals surface area contributed by atoms with Gasteiger partial charge in [0.15, 0.2) is 4.96 Å². The fraction of sp³-hybridized carbons (Fsp3) is 0.0526. The van der Waals surface area contributed by atoms with Gasteiger partial charge in [0.1, 0.15) is 11.6 Å². The minimum atomic E-state index is -0.468. The molecule has 0 aliphatic rings. The molecule has 0 radical (unpaired) electrons. The maximum absolute atomic E-state index is 13.1. The van der Waals surface area contributed by atoms with E-state index in [-0.39, 0.29) is 23.2 Å². The van der Waals surface area contributed by atoms with Crippen molar-refractivity contribution in [2.45, 2.75) is 6.42 Å². The van der Waals surface area contributed by atoms with Gasteiger partial charge >= 0.3 is 0 Å². The van der Waals surface area contributed by atoms with Crippen LogP contribution in [0.25, 0.3) is 16.2 Å². The highest BCUT2D eigenvalue weighted by Crippen LogP contribution is 2.25. The number of thiazole rings is 1. The summed E-state index contributed by atoms with van der Waals surface area (Å²) >= 11 is 7.35. The summed E-state index contributed by atoms with van der Waals surface area (Å²) in [6.07, 6.45) is 1.92. The summed E-state index contributed by atoms with van der Waals surface area (Å²) < 4.78 is 28.0. The van der Waals surface area contributed by atoms with Crippen molar-refractivity contribution in [3.8, 4) is 11.3 Å². The van der Waals surface area contributed by atoms with Gasteiger partial charge in [0.2, 0.25) is 5.91 Å². The standard InChI is InChI=1S/C19H12ClF2N3OS/c20-15-7-13(22)5-6-16(15)23-18(26)8-14-10-27-19-24-17(9-25(14)19)11-1-3-12(21)4-2-11/h1-7,9-10H,8H2,(H,23,26). The Morgan fingerprint density at radius 2 is 1.89 bits per heavy atom. The molecule has 2 aromatic heterocycles. The highest BCUT2D eigenvalue weighted by Gasteiger charge is 2.14. The lowest BCUT2D eigenvalue weighted by atomic mass is 10.2. The third kappa shape index (κ3) is 3.70. The monoisotopic (exact) mass is 403 g/mol. The van der Waals surface area contributed by atoms with Crippen LogP contribution in [0, 0.1) is 11.6 Å². The molecule has 0 unspecified atom stereocenters. The zero-order valence-corrected chi connectivity index (χ0v) is 15.3. The molecule has 1 N–H and O–H groups in total. The average Bonchev–Trinajstić information content (AvgIpc) is 3.20. The molecule has 0 aliphatic heterocycles. The van der Waals surface area contributed by atoms with Crippen molar-refractivity contribution < 1.29 is 13.6 Å². The molecule has 1 amide bonds. The number of amides is 1. The van der Waals surface area contributed by atoms with E-state index in [2.05, 4.69) is 10.3 Å². The number of hydrogen-bond acceptors (Lipinski definition) is 3. The number of carbonyl (C=O) groups is 1. The largest absolute Gasteiger partial charge is 0.324 e. The number of aromatic nitrogens is 2. The van der Waals surface area contributed by atoms with Crippen LogP contribution in [0.3, 0.4) is 0 Å². The van der Waals surface area contributed by atoms with Crippen molar-refractivity contribution >= 4 is 39.5 Å². The first-order valence-electron chi connectivity index (χ1n) is 7.96. The van der Waals surface area contributed by atoms with Crippen LogP contribution in [0.1, 0.15) is 5.69 Å². The highest BCUT2D eigenvalue weighted by molar-refractivity contribution is 7.15. The summed E-state index contributed by atoms with van der Waals surface area (Å²) in [5.41, 5.74) is 2.60. The molecule has 0 fully saturated rings. The molecule has 4 aromatic rings. The topological polar surface area (TPSA) is 46.4 Å². The summed E-state index contributed by atoms with van der Waals surface area (Å²) in [6.45, 7) is 0. The van der Waals surface area contributed by atoms with Gasteiger partial charge < -0.3 is 5.32 Å². The molecule has 0 saturated heterocycles. The van der Waals surface area contributed by atoms with Gasteiger partial charge in [0.05, 0.1) is 22.8 Å². The van der Waals surface area contributed by atoms with E-state index in [1.807, 2.05) is 16.0 Å². The number of carbonyl (C=O) groups excluding carboxylic acids is 1. The number of hydrogen-bond donors (Lipinski definition) is 1. The Bertz CT molecular complexity index is 1140. The molecule has 27 heavy (non-hydrogen) atoms. The lowest BCUT2D eigenvalue weighted by Gasteiger charge is -2.07. The van der Waals surface area contributed by atoms with Crippen LogP contribution in [0.5, 0.6) is 0 Å². The maximum atomic E-state index is 13.1. The Morgan fingerprint density at radius 3 is 2.63 bits per heavy atom. The van der Waals surface area contributed by atoms with Crippen molar-refractivity contribution in [3.05, 3.63) is 76.4 Å². The minimum Gasteiger partial charge on any atom is -0.324 e. The van der Waals surface area contributed by atoms with Crippen LogP contribution in [0.2, 0.25) is 5.02 Å². The minimum absolute atomic E-state index is 0.104. The third-order valence-electron chi connectivity index (χ3n) is 3.97. The average molecular weight is 404 g/mol. The summed E-state index contributed by atoms with van der Waals surface area (Å²) in [5.74, 6) is -1.05. The molecule has 136 valence electrons. The van der Waals surface area contributed by atoms with E-state index in [1.54, 1.807) is 12.1 Å². The van der Waals surface area contributed by atoms with E-state index >= 15 is 0 Å². The SMILES string of the molecule is O=C(Cc1csc2nc(-c3ccc(F)cc3)cn12)Nc1ccc(F)cc1Cl. The fourth-order valence-corrected chi connectivity index (χ4v) is 3.75. The number of halogens is 3. The molecule has 2 heterocycles. The lowest BCUT2D eigenvalue weighted by Crippen LogP contribution is -2.15. The van der Waals surface area contributed by atoms with Crippen LogP contribution >= 0.6 is 22.9 Å². The van der Waals surface area contributed by atoms with Crippen LogP contribution in [0.4, 0.5) is 14.5 Å². The smallest absolute Gasteiger partial charge is 0.230 e. The second kappa shape index (κ2) is 7.09. The van der Waals surface area contributed by atoms with Crippen molar-refractivity contribution in [2.75, 3.05) is 5.32 Å². The van der Waals surface area contributed by atoms with E-state index in [9.17, 15) is 13.6 Å². The van der Waals surface area contributed by atoms with E-state index in [1.165, 1.54) is 35.6 Å². The number of nitrogens with zero attached hydrogens (tertiary/aromatic N) is 2. The van der Waals surface area contributed by atoms with Crippen LogP contribution in [0.15, 0.2) is 54.0 Å². The third-order valence-corrected chi connectivity index (χ3v) is 5.17. The quantitative estimate of drug-likeness (QED) is 0.510. The van der Waals surface area contributed by atoms with Gasteiger partial charge in [0, 0.05) is 22.8 Å². The fourth-order valence-electron chi connectivity index (χ4n) is 2.67. The van der Waals surface area contributed by atoms with Gasteiger partial charge in [-0.1, -0.05) is 11.6 Å². The predicted octanol–water partition coefficient (Wildman–Crippen LogP) is 5.18. The van der Waals surface area contributed by atoms with Crippen LogP contribution in [-0.4, -0.2) is 15.3 Å². The van der Waals surface area contributed by atoms with Crippen LogP contribution < -0.4 is 5.32 Å². The van der Waals surface area contributed by atoms with Gasteiger partial charge in [-0.2, -0.15) is 0 Å². The number of fused-ring (bicyclic) bond motifs is 1. The zero-order chi connectivity index (χ0) is 19.0. The molecule has 4 rings (SSSR count). The van der Waals surface area contributed by atoms with E-state index in [0.29, 0.717) is 11.4 Å². The number of imidazole rings is 1. The zero-order valence-electron chi connectivity index (χ0n) is 13.7. The van der Waals surface area contributed by atoms with Gasteiger partial charge in [-0.05, 0) is 42.5 Å². The normalized spacial score (nSPS) is 11.1. The molecule has 2 aromatic carbocycles. The Morgan fingerprint density at radius 1 is 1.15 bits per heavy atom. The second-order valence-electron chi connectivity index (χ2n) is 5.86. The Balaban J connectivity index is 1.55. The second-order valence-corrected chi connectivity index (χ2v) is 7.11. The van der Waals surface area contributed by atoms with E-state index in [0.717, 1.165) is 22.3 Å². The first kappa shape index (κ1) is 17.6. The van der Waals surface area contributed by atoms with Gasteiger partial charge in [-0.15, -0.1) is 11.3 Å². The summed E-state index contributed by atoms with van der Waals surface area (Å²) in [6, 6.07) is 9.87. The Kier molecular flexibility index (Phi) is 4.63. The van der Waals surface area contributed by atoms with Crippen molar-refractivity contribution in [1.29, 1.82) is 0 Å². The molecular formula is C19H12ClF2N3OS. The van der Waals surface area contributed by atoms with Crippen LogP contribution in [-0.2, 0) is 11.2 Å². The highest BCUT2D eigenvalue weighted by atomic mass is 35.5. The predicted molar refractivity (Wildman–Crippen MR) is 102 cm³/mol. The summed E-state index contributed by atoms with van der Waals surface area (Å²) in [5, 5.41) is 4.67. The lowest BCUT2D eigenvalue weighted by molar-refractivity contribution is -0.115. The Labute approximate surface area is 162 Å². The van der Waals surface area contributed by atoms with Crippen molar-refractivity contribution in [2.24, 2.45) is 0 Å². The Hall–Kier alpha value is -2.77. The molecule has 0 saturated carbocycles. The molecular weight excluding hydrogens is 392 g/mol. The number of nitrogens with one attached hydrogen (secondary N) is 1. The summed E-state index contributed by atoms with van der Waals surface area (Å²) in [7, 11) is 0.